The van der Waals surface area contributed by atoms with Crippen LogP contribution in [0.4, 0.5) is 0 Å². The Bertz CT molecular complexity index is 1080. The van der Waals surface area contributed by atoms with Gasteiger partial charge in [-0.3, -0.25) is 4.79 Å². The van der Waals surface area contributed by atoms with Crippen LogP contribution in [0.3, 0.4) is 0 Å². The highest BCUT2D eigenvalue weighted by atomic mass is 16.1. The smallest absolute Gasteiger partial charge is 0.259 e. The molecular formula is C24H19NO. The number of hydrogen-bond donors (Lipinski definition) is 0. The highest BCUT2D eigenvalue weighted by Crippen LogP contribution is 2.32. The number of hydrogen-bond acceptors (Lipinski definition) is 1. The Balaban J connectivity index is 2.07. The van der Waals surface area contributed by atoms with Crippen LogP contribution in [-0.4, -0.2) is 4.57 Å². The molecule has 0 unspecified atom stereocenters. The lowest BCUT2D eigenvalue weighted by Gasteiger charge is -2.16. The van der Waals surface area contributed by atoms with Gasteiger partial charge in [0.25, 0.3) is 5.56 Å². The minimum atomic E-state index is 0.0106. The first-order chi connectivity index (χ1) is 12.8. The van der Waals surface area contributed by atoms with E-state index in [0.29, 0.717) is 0 Å². The van der Waals surface area contributed by atoms with Crippen LogP contribution in [0.5, 0.6) is 0 Å². The molecule has 1 aromatic heterocycles. The molecule has 0 aliphatic heterocycles. The molecule has 0 aliphatic carbocycles. The van der Waals surface area contributed by atoms with Crippen molar-refractivity contribution in [3.05, 3.63) is 107 Å². The van der Waals surface area contributed by atoms with E-state index in [-0.39, 0.29) is 5.56 Å². The van der Waals surface area contributed by atoms with Crippen LogP contribution in [0.1, 0.15) is 0 Å². The van der Waals surface area contributed by atoms with E-state index in [1.807, 2.05) is 85.9 Å². The van der Waals surface area contributed by atoms with E-state index in [9.17, 15) is 4.79 Å². The molecule has 0 bridgehead atoms. The minimum Gasteiger partial charge on any atom is -0.311 e. The third kappa shape index (κ3) is 2.86. The van der Waals surface area contributed by atoms with E-state index >= 15 is 0 Å². The summed E-state index contributed by atoms with van der Waals surface area (Å²) in [6.45, 7) is 0. The maximum Gasteiger partial charge on any atom is 0.259 e. The molecule has 3 aromatic carbocycles. The van der Waals surface area contributed by atoms with E-state index in [1.165, 1.54) is 0 Å². The summed E-state index contributed by atoms with van der Waals surface area (Å²) in [6.07, 6.45) is 0. The maximum atomic E-state index is 13.3. The molecule has 26 heavy (non-hydrogen) atoms. The summed E-state index contributed by atoms with van der Waals surface area (Å²) in [5, 5.41) is 0. The summed E-state index contributed by atoms with van der Waals surface area (Å²) in [5.41, 5.74) is 5.62. The predicted molar refractivity (Wildman–Crippen MR) is 108 cm³/mol. The first-order valence-electron chi connectivity index (χ1n) is 8.66. The van der Waals surface area contributed by atoms with Crippen molar-refractivity contribution >= 4 is 0 Å². The van der Waals surface area contributed by atoms with E-state index in [2.05, 4.69) is 18.2 Å². The van der Waals surface area contributed by atoms with Gasteiger partial charge in [0, 0.05) is 7.05 Å². The van der Waals surface area contributed by atoms with Crippen LogP contribution in [0, 0.1) is 0 Å². The van der Waals surface area contributed by atoms with Gasteiger partial charge >= 0.3 is 0 Å². The number of pyridine rings is 1. The predicted octanol–water partition coefficient (Wildman–Crippen LogP) is 5.39. The highest BCUT2D eigenvalue weighted by Gasteiger charge is 2.16. The van der Waals surface area contributed by atoms with Gasteiger partial charge < -0.3 is 4.57 Å². The molecule has 0 saturated carbocycles. The monoisotopic (exact) mass is 337 g/mol. The summed E-state index contributed by atoms with van der Waals surface area (Å²) < 4.78 is 1.74. The number of benzene rings is 3. The van der Waals surface area contributed by atoms with Crippen molar-refractivity contribution in [2.45, 2.75) is 0 Å². The van der Waals surface area contributed by atoms with Crippen LogP contribution in [0.25, 0.3) is 33.5 Å². The number of aromatic nitrogens is 1. The van der Waals surface area contributed by atoms with E-state index in [0.717, 1.165) is 33.5 Å². The normalized spacial score (nSPS) is 10.7. The standard InChI is InChI=1S/C24H19NO/c1-25-22(19-13-7-3-8-14-19)17-21(18-11-5-2-6-12-18)23(24(25)26)20-15-9-4-10-16-20/h2-17H,1H3. The van der Waals surface area contributed by atoms with Crippen LogP contribution in [0.15, 0.2) is 102 Å². The Hall–Kier alpha value is -3.39. The molecule has 0 amide bonds. The second-order valence-electron chi connectivity index (χ2n) is 6.28. The quantitative estimate of drug-likeness (QED) is 0.491. The minimum absolute atomic E-state index is 0.0106. The Morgan fingerprint density at radius 2 is 1.08 bits per heavy atom. The van der Waals surface area contributed by atoms with Crippen LogP contribution >= 0.6 is 0 Å². The van der Waals surface area contributed by atoms with E-state index in [4.69, 9.17) is 0 Å². The van der Waals surface area contributed by atoms with Crippen LogP contribution < -0.4 is 5.56 Å². The molecule has 2 heteroatoms. The zero-order valence-corrected chi connectivity index (χ0v) is 14.6. The van der Waals surface area contributed by atoms with Crippen molar-refractivity contribution in [2.24, 2.45) is 7.05 Å². The van der Waals surface area contributed by atoms with Crippen molar-refractivity contribution in [2.75, 3.05) is 0 Å². The number of rotatable bonds is 3. The molecule has 0 aliphatic rings. The molecule has 0 atom stereocenters. The molecule has 2 nitrogen and oxygen atoms in total. The molecule has 1 heterocycles. The van der Waals surface area contributed by atoms with E-state index in [1.54, 1.807) is 4.57 Å². The lowest BCUT2D eigenvalue weighted by molar-refractivity contribution is 0.874. The van der Waals surface area contributed by atoms with Gasteiger partial charge in [0.15, 0.2) is 0 Å². The van der Waals surface area contributed by atoms with Crippen molar-refractivity contribution < 1.29 is 0 Å². The average molecular weight is 337 g/mol. The summed E-state index contributed by atoms with van der Waals surface area (Å²) in [6, 6.07) is 32.1. The fourth-order valence-electron chi connectivity index (χ4n) is 3.31. The fourth-order valence-corrected chi connectivity index (χ4v) is 3.31. The van der Waals surface area contributed by atoms with Crippen molar-refractivity contribution in [1.29, 1.82) is 0 Å². The lowest BCUT2D eigenvalue weighted by atomic mass is 9.94. The second kappa shape index (κ2) is 6.85. The van der Waals surface area contributed by atoms with Crippen LogP contribution in [-0.2, 0) is 7.05 Å². The molecule has 0 radical (unpaired) electrons. The fraction of sp³-hybridized carbons (Fsp3) is 0.0417. The number of nitrogens with zero attached hydrogens (tertiary/aromatic N) is 1. The molecule has 0 N–H and O–H groups in total. The average Bonchev–Trinajstić information content (AvgIpc) is 2.72. The van der Waals surface area contributed by atoms with Gasteiger partial charge in [-0.1, -0.05) is 91.0 Å². The Kier molecular flexibility index (Phi) is 4.24. The van der Waals surface area contributed by atoms with Crippen molar-refractivity contribution in [3.8, 4) is 33.5 Å². The zero-order valence-electron chi connectivity index (χ0n) is 14.6. The van der Waals surface area contributed by atoms with Crippen molar-refractivity contribution in [1.82, 2.24) is 4.57 Å². The Labute approximate surface area is 153 Å². The van der Waals surface area contributed by atoms with Gasteiger partial charge in [0.2, 0.25) is 0 Å². The summed E-state index contributed by atoms with van der Waals surface area (Å²) in [7, 11) is 1.84. The Morgan fingerprint density at radius 1 is 0.615 bits per heavy atom. The summed E-state index contributed by atoms with van der Waals surface area (Å²) in [4.78, 5) is 13.3. The lowest BCUT2D eigenvalue weighted by Crippen LogP contribution is -2.21. The van der Waals surface area contributed by atoms with Gasteiger partial charge in [-0.25, -0.2) is 0 Å². The molecule has 0 fully saturated rings. The van der Waals surface area contributed by atoms with Gasteiger partial charge in [0.1, 0.15) is 0 Å². The van der Waals surface area contributed by atoms with Gasteiger partial charge in [-0.2, -0.15) is 0 Å². The molecule has 126 valence electrons. The third-order valence-corrected chi connectivity index (χ3v) is 4.65. The van der Waals surface area contributed by atoms with Gasteiger partial charge in [-0.15, -0.1) is 0 Å². The highest BCUT2D eigenvalue weighted by molar-refractivity contribution is 5.85. The molecule has 4 rings (SSSR count). The van der Waals surface area contributed by atoms with Gasteiger partial charge in [-0.05, 0) is 28.3 Å². The SMILES string of the molecule is Cn1c(-c2ccccc2)cc(-c2ccccc2)c(-c2ccccc2)c1=O. The second-order valence-corrected chi connectivity index (χ2v) is 6.28. The Morgan fingerprint density at radius 3 is 1.62 bits per heavy atom. The zero-order chi connectivity index (χ0) is 17.9. The third-order valence-electron chi connectivity index (χ3n) is 4.65. The van der Waals surface area contributed by atoms with E-state index < -0.39 is 0 Å². The summed E-state index contributed by atoms with van der Waals surface area (Å²) >= 11 is 0. The first kappa shape index (κ1) is 16.1. The van der Waals surface area contributed by atoms with Crippen LogP contribution in [0.2, 0.25) is 0 Å². The van der Waals surface area contributed by atoms with Gasteiger partial charge in [0.05, 0.1) is 11.3 Å². The molecule has 4 aromatic rings. The first-order valence-corrected chi connectivity index (χ1v) is 8.66. The largest absolute Gasteiger partial charge is 0.311 e. The molecule has 0 saturated heterocycles. The summed E-state index contributed by atoms with van der Waals surface area (Å²) in [5.74, 6) is 0. The topological polar surface area (TPSA) is 22.0 Å². The molecule has 0 spiro atoms. The maximum absolute atomic E-state index is 13.3. The van der Waals surface area contributed by atoms with Crippen molar-refractivity contribution in [3.63, 3.8) is 0 Å². The molecular weight excluding hydrogens is 318 g/mol.